The maximum absolute atomic E-state index is 6.08. The van der Waals surface area contributed by atoms with Gasteiger partial charge in [0.15, 0.2) is 0 Å². The molecule has 2 aliphatic rings. The minimum Gasteiger partial charge on any atom is -0.487 e. The molecule has 1 fully saturated rings. The van der Waals surface area contributed by atoms with Crippen LogP contribution in [0, 0.1) is 0 Å². The normalized spacial score (nSPS) is 26.4. The summed E-state index contributed by atoms with van der Waals surface area (Å²) < 4.78 is 6.59. The lowest BCUT2D eigenvalue weighted by atomic mass is 9.89. The Bertz CT molecular complexity index is 468. The van der Waals surface area contributed by atoms with E-state index >= 15 is 0 Å². The summed E-state index contributed by atoms with van der Waals surface area (Å²) in [5, 5.41) is 3.79. The van der Waals surface area contributed by atoms with Gasteiger partial charge in [0.2, 0.25) is 0 Å². The van der Waals surface area contributed by atoms with Crippen molar-refractivity contribution < 1.29 is 4.74 Å². The van der Waals surface area contributed by atoms with Crippen molar-refractivity contribution in [2.45, 2.75) is 49.5 Å². The predicted molar refractivity (Wildman–Crippen MR) is 82.0 cm³/mol. The Hall–Kier alpha value is -0.670. The van der Waals surface area contributed by atoms with Gasteiger partial charge in [0.25, 0.3) is 0 Å². The molecule has 19 heavy (non-hydrogen) atoms. The standard InChI is InChI=1S/C16H23NOS/c1-15(2)10-13(17-11-16(19-3)8-9-16)12-6-4-5-7-14(12)18-15/h4-7,13,17H,8-11H2,1-3H3. The monoisotopic (exact) mass is 277 g/mol. The van der Waals surface area contributed by atoms with Gasteiger partial charge < -0.3 is 10.1 Å². The first kappa shape index (κ1) is 13.3. The molecule has 0 amide bonds. The zero-order chi connectivity index (χ0) is 13.5. The lowest BCUT2D eigenvalue weighted by Gasteiger charge is -2.38. The molecular weight excluding hydrogens is 254 g/mol. The molecule has 0 saturated heterocycles. The first-order chi connectivity index (χ1) is 9.04. The zero-order valence-corrected chi connectivity index (χ0v) is 12.8. The van der Waals surface area contributed by atoms with Crippen LogP contribution in [0.15, 0.2) is 24.3 Å². The van der Waals surface area contributed by atoms with E-state index in [4.69, 9.17) is 4.74 Å². The average molecular weight is 277 g/mol. The Kier molecular flexibility index (Phi) is 3.30. The van der Waals surface area contributed by atoms with Crippen LogP contribution >= 0.6 is 11.8 Å². The van der Waals surface area contributed by atoms with Crippen LogP contribution in [0.2, 0.25) is 0 Å². The molecule has 1 N–H and O–H groups in total. The lowest BCUT2D eigenvalue weighted by Crippen LogP contribution is -2.41. The summed E-state index contributed by atoms with van der Waals surface area (Å²) in [5.74, 6) is 1.05. The molecule has 0 radical (unpaired) electrons. The first-order valence-electron chi connectivity index (χ1n) is 7.10. The summed E-state index contributed by atoms with van der Waals surface area (Å²) in [4.78, 5) is 0. The van der Waals surface area contributed by atoms with Gasteiger partial charge in [-0.1, -0.05) is 18.2 Å². The van der Waals surface area contributed by atoms with E-state index in [1.54, 1.807) is 0 Å². The van der Waals surface area contributed by atoms with E-state index in [9.17, 15) is 0 Å². The number of rotatable bonds is 4. The smallest absolute Gasteiger partial charge is 0.124 e. The lowest BCUT2D eigenvalue weighted by molar-refractivity contribution is 0.0660. The van der Waals surface area contributed by atoms with Crippen LogP contribution in [-0.2, 0) is 0 Å². The molecule has 3 rings (SSSR count). The maximum Gasteiger partial charge on any atom is 0.124 e. The molecule has 1 aromatic carbocycles. The fraction of sp³-hybridized carbons (Fsp3) is 0.625. The Labute approximate surface area is 120 Å². The summed E-state index contributed by atoms with van der Waals surface area (Å²) in [6.07, 6.45) is 5.98. The molecule has 0 bridgehead atoms. The number of fused-ring (bicyclic) bond motifs is 1. The summed E-state index contributed by atoms with van der Waals surface area (Å²) in [6, 6.07) is 8.87. The highest BCUT2D eigenvalue weighted by atomic mass is 32.2. The number of ether oxygens (including phenoxy) is 1. The van der Waals surface area contributed by atoms with Gasteiger partial charge in [0.05, 0.1) is 0 Å². The van der Waals surface area contributed by atoms with Gasteiger partial charge in [-0.2, -0.15) is 11.8 Å². The van der Waals surface area contributed by atoms with Crippen molar-refractivity contribution in [3.63, 3.8) is 0 Å². The van der Waals surface area contributed by atoms with Crippen molar-refractivity contribution in [3.05, 3.63) is 29.8 Å². The highest BCUT2D eigenvalue weighted by Gasteiger charge is 2.43. The van der Waals surface area contributed by atoms with Gasteiger partial charge >= 0.3 is 0 Å². The molecule has 1 aliphatic carbocycles. The quantitative estimate of drug-likeness (QED) is 0.905. The van der Waals surface area contributed by atoms with Crippen molar-refractivity contribution in [1.29, 1.82) is 0 Å². The van der Waals surface area contributed by atoms with E-state index in [-0.39, 0.29) is 5.60 Å². The summed E-state index contributed by atoms with van der Waals surface area (Å²) >= 11 is 2.01. The fourth-order valence-corrected chi connectivity index (χ4v) is 3.62. The number of para-hydroxylation sites is 1. The Balaban J connectivity index is 1.77. The van der Waals surface area contributed by atoms with Crippen LogP contribution < -0.4 is 10.1 Å². The van der Waals surface area contributed by atoms with E-state index in [0.29, 0.717) is 10.8 Å². The summed E-state index contributed by atoms with van der Waals surface area (Å²) in [5.41, 5.74) is 1.24. The second-order valence-electron chi connectivity index (χ2n) is 6.42. The van der Waals surface area contributed by atoms with Gasteiger partial charge in [0.1, 0.15) is 11.4 Å². The van der Waals surface area contributed by atoms with Crippen molar-refractivity contribution in [2.75, 3.05) is 12.8 Å². The molecule has 1 heterocycles. The summed E-state index contributed by atoms with van der Waals surface area (Å²) in [6.45, 7) is 5.47. The van der Waals surface area contributed by atoms with Gasteiger partial charge in [-0.15, -0.1) is 0 Å². The van der Waals surface area contributed by atoms with Crippen molar-refractivity contribution in [3.8, 4) is 5.75 Å². The van der Waals surface area contributed by atoms with Crippen molar-refractivity contribution in [2.24, 2.45) is 0 Å². The molecular formula is C16H23NOS. The van der Waals surface area contributed by atoms with Crippen molar-refractivity contribution in [1.82, 2.24) is 5.32 Å². The van der Waals surface area contributed by atoms with E-state index < -0.39 is 0 Å². The minimum atomic E-state index is -0.0813. The molecule has 0 spiro atoms. The Morgan fingerprint density at radius 1 is 1.32 bits per heavy atom. The second-order valence-corrected chi connectivity index (χ2v) is 7.70. The number of nitrogens with one attached hydrogen (secondary N) is 1. The number of hydrogen-bond donors (Lipinski definition) is 1. The summed E-state index contributed by atoms with van der Waals surface area (Å²) in [7, 11) is 0. The fourth-order valence-electron chi connectivity index (χ4n) is 2.89. The maximum atomic E-state index is 6.08. The van der Waals surface area contributed by atoms with E-state index in [1.807, 2.05) is 11.8 Å². The average Bonchev–Trinajstić information content (AvgIpc) is 3.15. The third-order valence-corrected chi connectivity index (χ3v) is 5.71. The first-order valence-corrected chi connectivity index (χ1v) is 8.33. The van der Waals surface area contributed by atoms with Crippen molar-refractivity contribution >= 4 is 11.8 Å². The van der Waals surface area contributed by atoms with Crippen LogP contribution in [0.25, 0.3) is 0 Å². The van der Waals surface area contributed by atoms with Crippen LogP contribution in [0.3, 0.4) is 0 Å². The molecule has 1 atom stereocenters. The number of benzene rings is 1. The SMILES string of the molecule is CSC1(CNC2CC(C)(C)Oc3ccccc32)CC1. The molecule has 2 nitrogen and oxygen atoms in total. The topological polar surface area (TPSA) is 21.3 Å². The van der Waals surface area contributed by atoms with E-state index in [0.717, 1.165) is 18.7 Å². The Morgan fingerprint density at radius 3 is 2.74 bits per heavy atom. The van der Waals surface area contributed by atoms with E-state index in [2.05, 4.69) is 49.7 Å². The molecule has 1 saturated carbocycles. The molecule has 0 aromatic heterocycles. The van der Waals surface area contributed by atoms with E-state index in [1.165, 1.54) is 18.4 Å². The van der Waals surface area contributed by atoms with Crippen LogP contribution in [-0.4, -0.2) is 23.1 Å². The molecule has 1 unspecified atom stereocenters. The predicted octanol–water partition coefficient (Wildman–Crippen LogP) is 3.77. The largest absolute Gasteiger partial charge is 0.487 e. The van der Waals surface area contributed by atoms with Gasteiger partial charge in [-0.05, 0) is 39.0 Å². The number of hydrogen-bond acceptors (Lipinski definition) is 3. The molecule has 3 heteroatoms. The minimum absolute atomic E-state index is 0.0813. The molecule has 104 valence electrons. The van der Waals surface area contributed by atoms with Gasteiger partial charge in [0, 0.05) is 29.3 Å². The molecule has 1 aliphatic heterocycles. The third kappa shape index (κ3) is 2.77. The highest BCUT2D eigenvalue weighted by Crippen LogP contribution is 2.47. The molecule has 1 aromatic rings. The van der Waals surface area contributed by atoms with Crippen LogP contribution in [0.4, 0.5) is 0 Å². The third-order valence-electron chi connectivity index (χ3n) is 4.29. The Morgan fingerprint density at radius 2 is 2.05 bits per heavy atom. The number of thioether (sulfide) groups is 1. The van der Waals surface area contributed by atoms with Gasteiger partial charge in [-0.25, -0.2) is 0 Å². The second kappa shape index (κ2) is 4.71. The van der Waals surface area contributed by atoms with Crippen LogP contribution in [0.5, 0.6) is 5.75 Å². The van der Waals surface area contributed by atoms with Crippen LogP contribution in [0.1, 0.15) is 44.7 Å². The zero-order valence-electron chi connectivity index (χ0n) is 12.0. The highest BCUT2D eigenvalue weighted by molar-refractivity contribution is 8.00. The van der Waals surface area contributed by atoms with Gasteiger partial charge in [-0.3, -0.25) is 0 Å².